The predicted molar refractivity (Wildman–Crippen MR) is 55.6 cm³/mol. The van der Waals surface area contributed by atoms with E-state index in [1.807, 2.05) is 13.8 Å². The molecule has 1 aromatic carbocycles. The van der Waals surface area contributed by atoms with Gasteiger partial charge in [0.2, 0.25) is 0 Å². The van der Waals surface area contributed by atoms with Crippen molar-refractivity contribution in [1.82, 2.24) is 0 Å². The second kappa shape index (κ2) is 4.24. The molecule has 14 heavy (non-hydrogen) atoms. The van der Waals surface area contributed by atoms with E-state index in [1.165, 1.54) is 6.07 Å². The van der Waals surface area contributed by atoms with Gasteiger partial charge < -0.3 is 10.8 Å². The maximum Gasteiger partial charge on any atom is 0.164 e. The Bertz CT molecular complexity index is 335. The minimum atomic E-state index is -0.0223. The van der Waals surface area contributed by atoms with Gasteiger partial charge in [-0.15, -0.1) is 0 Å². The Kier molecular flexibility index (Phi) is 3.25. The van der Waals surface area contributed by atoms with Crippen molar-refractivity contribution in [2.45, 2.75) is 20.3 Å². The molecule has 3 nitrogen and oxygen atoms in total. The van der Waals surface area contributed by atoms with Gasteiger partial charge in [-0.2, -0.15) is 0 Å². The van der Waals surface area contributed by atoms with Crippen molar-refractivity contribution in [3.05, 3.63) is 28.8 Å². The first-order valence-electron chi connectivity index (χ1n) is 4.59. The van der Waals surface area contributed by atoms with Crippen molar-refractivity contribution in [2.24, 2.45) is 5.73 Å². The Morgan fingerprint density at radius 2 is 2.07 bits per heavy atom. The zero-order chi connectivity index (χ0) is 10.7. The summed E-state index contributed by atoms with van der Waals surface area (Å²) in [6.45, 7) is 4.03. The van der Waals surface area contributed by atoms with Crippen molar-refractivity contribution in [1.29, 1.82) is 0 Å². The highest BCUT2D eigenvalue weighted by atomic mass is 16.3. The van der Waals surface area contributed by atoms with Crippen LogP contribution < -0.4 is 5.73 Å². The lowest BCUT2D eigenvalue weighted by atomic mass is 10.0. The number of hydrogen-bond acceptors (Lipinski definition) is 3. The van der Waals surface area contributed by atoms with Crippen molar-refractivity contribution >= 4 is 5.78 Å². The fourth-order valence-corrected chi connectivity index (χ4v) is 1.28. The SMILES string of the molecule is Cc1cc(C(=O)CCN)cc(O)c1C. The molecule has 3 N–H and O–H groups in total. The summed E-state index contributed by atoms with van der Waals surface area (Å²) >= 11 is 0. The molecule has 1 rings (SSSR count). The first-order valence-corrected chi connectivity index (χ1v) is 4.59. The quantitative estimate of drug-likeness (QED) is 0.716. The summed E-state index contributed by atoms with van der Waals surface area (Å²) in [4.78, 5) is 11.5. The number of carbonyl (C=O) groups excluding carboxylic acids is 1. The third kappa shape index (κ3) is 2.12. The molecule has 0 aliphatic carbocycles. The van der Waals surface area contributed by atoms with Crippen LogP contribution in [0.15, 0.2) is 12.1 Å². The number of aromatic hydroxyl groups is 1. The fourth-order valence-electron chi connectivity index (χ4n) is 1.28. The van der Waals surface area contributed by atoms with Gasteiger partial charge in [-0.3, -0.25) is 4.79 Å². The Hall–Kier alpha value is -1.35. The molecule has 0 amide bonds. The summed E-state index contributed by atoms with van der Waals surface area (Å²) in [5, 5.41) is 9.51. The van der Waals surface area contributed by atoms with Gasteiger partial charge in [0.05, 0.1) is 0 Å². The van der Waals surface area contributed by atoms with Crippen molar-refractivity contribution in [3.63, 3.8) is 0 Å². The van der Waals surface area contributed by atoms with Gasteiger partial charge >= 0.3 is 0 Å². The van der Waals surface area contributed by atoms with E-state index in [9.17, 15) is 9.90 Å². The van der Waals surface area contributed by atoms with E-state index < -0.39 is 0 Å². The Balaban J connectivity index is 3.06. The largest absolute Gasteiger partial charge is 0.508 e. The second-order valence-corrected chi connectivity index (χ2v) is 3.40. The topological polar surface area (TPSA) is 63.3 Å². The normalized spacial score (nSPS) is 10.2. The molecule has 3 heteroatoms. The van der Waals surface area contributed by atoms with Crippen LogP contribution >= 0.6 is 0 Å². The number of phenols is 1. The van der Waals surface area contributed by atoms with Crippen LogP contribution in [0.5, 0.6) is 5.75 Å². The van der Waals surface area contributed by atoms with Gasteiger partial charge in [0.1, 0.15) is 5.75 Å². The molecular weight excluding hydrogens is 178 g/mol. The molecule has 0 bridgehead atoms. The van der Waals surface area contributed by atoms with E-state index in [4.69, 9.17) is 5.73 Å². The summed E-state index contributed by atoms with van der Waals surface area (Å²) < 4.78 is 0. The smallest absolute Gasteiger partial charge is 0.164 e. The highest BCUT2D eigenvalue weighted by Crippen LogP contribution is 2.22. The van der Waals surface area contributed by atoms with Crippen LogP contribution in [0, 0.1) is 13.8 Å². The summed E-state index contributed by atoms with van der Waals surface area (Å²) in [6, 6.07) is 3.29. The molecule has 1 aromatic rings. The molecule has 0 saturated heterocycles. The number of nitrogens with two attached hydrogens (primary N) is 1. The van der Waals surface area contributed by atoms with Gasteiger partial charge in [-0.1, -0.05) is 0 Å². The van der Waals surface area contributed by atoms with Crippen LogP contribution in [0.1, 0.15) is 27.9 Å². The van der Waals surface area contributed by atoms with Gasteiger partial charge in [-0.25, -0.2) is 0 Å². The first kappa shape index (κ1) is 10.7. The van der Waals surface area contributed by atoms with E-state index in [0.717, 1.165) is 11.1 Å². The van der Waals surface area contributed by atoms with Crippen LogP contribution in [-0.2, 0) is 0 Å². The molecule has 0 aliphatic rings. The molecule has 0 atom stereocenters. The van der Waals surface area contributed by atoms with Crippen LogP contribution in [-0.4, -0.2) is 17.4 Å². The molecule has 0 unspecified atom stereocenters. The lowest BCUT2D eigenvalue weighted by molar-refractivity contribution is 0.0985. The standard InChI is InChI=1S/C11H15NO2/c1-7-5-9(10(13)3-4-12)6-11(14)8(7)2/h5-6,14H,3-4,12H2,1-2H3. The third-order valence-electron chi connectivity index (χ3n) is 2.33. The zero-order valence-corrected chi connectivity index (χ0v) is 8.50. The van der Waals surface area contributed by atoms with Crippen molar-refractivity contribution < 1.29 is 9.90 Å². The van der Waals surface area contributed by atoms with Crippen LogP contribution in [0.2, 0.25) is 0 Å². The molecule has 0 spiro atoms. The average molecular weight is 193 g/mol. The van der Waals surface area contributed by atoms with E-state index in [2.05, 4.69) is 0 Å². The summed E-state index contributed by atoms with van der Waals surface area (Å²) in [5.41, 5.74) is 7.56. The van der Waals surface area contributed by atoms with Crippen LogP contribution in [0.25, 0.3) is 0 Å². The summed E-state index contributed by atoms with van der Waals surface area (Å²) in [7, 11) is 0. The number of aryl methyl sites for hydroxylation is 1. The number of Topliss-reactive ketones (excluding diaryl/α,β-unsaturated/α-hetero) is 1. The Morgan fingerprint density at radius 3 is 2.57 bits per heavy atom. The third-order valence-corrected chi connectivity index (χ3v) is 2.33. The van der Waals surface area contributed by atoms with Crippen molar-refractivity contribution in [3.8, 4) is 5.75 Å². The number of phenolic OH excluding ortho intramolecular Hbond substituents is 1. The van der Waals surface area contributed by atoms with Gasteiger partial charge in [-0.05, 0) is 43.7 Å². The van der Waals surface area contributed by atoms with Gasteiger partial charge in [0.25, 0.3) is 0 Å². The summed E-state index contributed by atoms with van der Waals surface area (Å²) in [5.74, 6) is 0.149. The van der Waals surface area contributed by atoms with Gasteiger partial charge in [0, 0.05) is 12.0 Å². The number of carbonyl (C=O) groups is 1. The van der Waals surface area contributed by atoms with Gasteiger partial charge in [0.15, 0.2) is 5.78 Å². The average Bonchev–Trinajstić information content (AvgIpc) is 2.13. The zero-order valence-electron chi connectivity index (χ0n) is 8.50. The van der Waals surface area contributed by atoms with Crippen LogP contribution in [0.3, 0.4) is 0 Å². The van der Waals surface area contributed by atoms with E-state index >= 15 is 0 Å². The minimum absolute atomic E-state index is 0.0223. The van der Waals surface area contributed by atoms with Crippen molar-refractivity contribution in [2.75, 3.05) is 6.54 Å². The highest BCUT2D eigenvalue weighted by Gasteiger charge is 2.08. The first-order chi connectivity index (χ1) is 6.56. The predicted octanol–water partition coefficient (Wildman–Crippen LogP) is 1.54. The molecular formula is C11H15NO2. The lowest BCUT2D eigenvalue weighted by Gasteiger charge is -2.06. The molecule has 0 fully saturated rings. The van der Waals surface area contributed by atoms with E-state index in [-0.39, 0.29) is 11.5 Å². The minimum Gasteiger partial charge on any atom is -0.508 e. The molecule has 0 saturated carbocycles. The maximum atomic E-state index is 11.5. The number of benzene rings is 1. The second-order valence-electron chi connectivity index (χ2n) is 3.40. The number of ketones is 1. The molecule has 76 valence electrons. The molecule has 0 aliphatic heterocycles. The number of hydrogen-bond donors (Lipinski definition) is 2. The summed E-state index contributed by atoms with van der Waals surface area (Å²) in [6.07, 6.45) is 0.321. The lowest BCUT2D eigenvalue weighted by Crippen LogP contribution is -2.08. The molecule has 0 radical (unpaired) electrons. The maximum absolute atomic E-state index is 11.5. The van der Waals surface area contributed by atoms with E-state index in [1.54, 1.807) is 6.07 Å². The van der Waals surface area contributed by atoms with E-state index in [0.29, 0.717) is 18.5 Å². The monoisotopic (exact) mass is 193 g/mol. The Morgan fingerprint density at radius 1 is 1.43 bits per heavy atom. The van der Waals surface area contributed by atoms with Crippen LogP contribution in [0.4, 0.5) is 0 Å². The highest BCUT2D eigenvalue weighted by molar-refractivity contribution is 5.96. The molecule has 0 aromatic heterocycles. The fraction of sp³-hybridized carbons (Fsp3) is 0.364. The molecule has 0 heterocycles. The Labute approximate surface area is 83.6 Å². The number of rotatable bonds is 3.